The van der Waals surface area contributed by atoms with Crippen molar-refractivity contribution in [2.45, 2.75) is 18.9 Å². The minimum atomic E-state index is -0.316. The summed E-state index contributed by atoms with van der Waals surface area (Å²) in [7, 11) is 2.08. The van der Waals surface area contributed by atoms with Crippen molar-refractivity contribution in [1.82, 2.24) is 15.2 Å². The lowest BCUT2D eigenvalue weighted by Crippen LogP contribution is -2.44. The highest BCUT2D eigenvalue weighted by molar-refractivity contribution is 6.30. The third-order valence-electron chi connectivity index (χ3n) is 4.41. The van der Waals surface area contributed by atoms with Crippen molar-refractivity contribution in [3.05, 3.63) is 53.2 Å². The number of benzene rings is 1. The summed E-state index contributed by atoms with van der Waals surface area (Å²) in [5.41, 5.74) is 0.973. The van der Waals surface area contributed by atoms with Crippen molar-refractivity contribution in [2.24, 2.45) is 0 Å². The van der Waals surface area contributed by atoms with E-state index in [9.17, 15) is 9.59 Å². The number of nitrogens with one attached hydrogen (secondary N) is 3. The van der Waals surface area contributed by atoms with E-state index in [4.69, 9.17) is 11.6 Å². The number of halogens is 1. The summed E-state index contributed by atoms with van der Waals surface area (Å²) >= 11 is 5.79. The van der Waals surface area contributed by atoms with E-state index >= 15 is 0 Å². The monoisotopic (exact) mass is 387 g/mol. The number of nitrogens with zero attached hydrogens (tertiary/aromatic N) is 2. The molecule has 142 valence electrons. The molecule has 1 aliphatic rings. The van der Waals surface area contributed by atoms with Gasteiger partial charge in [0.05, 0.1) is 5.02 Å². The van der Waals surface area contributed by atoms with Crippen LogP contribution in [-0.2, 0) is 0 Å². The molecule has 3 amide bonds. The molecule has 0 atom stereocenters. The van der Waals surface area contributed by atoms with Crippen molar-refractivity contribution in [1.29, 1.82) is 0 Å². The number of aromatic nitrogens is 1. The van der Waals surface area contributed by atoms with Crippen LogP contribution in [0.5, 0.6) is 0 Å². The third kappa shape index (κ3) is 5.67. The van der Waals surface area contributed by atoms with Gasteiger partial charge in [0.1, 0.15) is 5.82 Å². The second-order valence-corrected chi connectivity index (χ2v) is 7.01. The highest BCUT2D eigenvalue weighted by Crippen LogP contribution is 2.15. The number of carbonyl (C=O) groups excluding carboxylic acids is 2. The van der Waals surface area contributed by atoms with E-state index in [2.05, 4.69) is 32.9 Å². The highest BCUT2D eigenvalue weighted by atomic mass is 35.5. The molecule has 8 heteroatoms. The van der Waals surface area contributed by atoms with Gasteiger partial charge in [-0.05, 0) is 63.3 Å². The molecule has 1 fully saturated rings. The molecule has 1 aromatic carbocycles. The van der Waals surface area contributed by atoms with Gasteiger partial charge in [-0.2, -0.15) is 0 Å². The standard InChI is InChI=1S/C19H22ClN5O2/c1-25-9-7-15(8-10-25)22-19(27)23-16-4-2-3-13(11-16)18(26)24-17-6-5-14(20)12-21-17/h2-6,11-12,15H,7-10H2,1H3,(H,21,24,26)(H2,22,23,27). The van der Waals surface area contributed by atoms with Gasteiger partial charge in [0.2, 0.25) is 0 Å². The SMILES string of the molecule is CN1CCC(NC(=O)Nc2cccc(C(=O)Nc3ccc(Cl)cn3)c2)CC1. The molecule has 0 aliphatic carbocycles. The molecule has 1 saturated heterocycles. The fourth-order valence-corrected chi connectivity index (χ4v) is 2.99. The summed E-state index contributed by atoms with van der Waals surface area (Å²) in [6.45, 7) is 1.94. The molecule has 3 rings (SSSR count). The van der Waals surface area contributed by atoms with Crippen LogP contribution in [0.2, 0.25) is 5.02 Å². The zero-order valence-electron chi connectivity index (χ0n) is 15.0. The first kappa shape index (κ1) is 19.1. The molecule has 7 nitrogen and oxygen atoms in total. The summed E-state index contributed by atoms with van der Waals surface area (Å²) in [4.78, 5) is 30.9. The number of rotatable bonds is 4. The van der Waals surface area contributed by atoms with Crippen molar-refractivity contribution in [3.8, 4) is 0 Å². The molecule has 1 aromatic heterocycles. The van der Waals surface area contributed by atoms with Crippen LogP contribution >= 0.6 is 11.6 Å². The van der Waals surface area contributed by atoms with Gasteiger partial charge in [0, 0.05) is 23.5 Å². The van der Waals surface area contributed by atoms with E-state index in [-0.39, 0.29) is 18.0 Å². The smallest absolute Gasteiger partial charge is 0.319 e. The minimum Gasteiger partial charge on any atom is -0.335 e. The Kier molecular flexibility index (Phi) is 6.26. The maximum Gasteiger partial charge on any atom is 0.319 e. The van der Waals surface area contributed by atoms with E-state index in [0.29, 0.717) is 22.1 Å². The lowest BCUT2D eigenvalue weighted by Gasteiger charge is -2.29. The van der Waals surface area contributed by atoms with Crippen LogP contribution in [0.4, 0.5) is 16.3 Å². The molecule has 3 N–H and O–H groups in total. The molecule has 2 heterocycles. The van der Waals surface area contributed by atoms with Crippen LogP contribution < -0.4 is 16.0 Å². The quantitative estimate of drug-likeness (QED) is 0.751. The average Bonchev–Trinajstić information content (AvgIpc) is 2.65. The molecule has 0 bridgehead atoms. The normalized spacial score (nSPS) is 15.2. The fraction of sp³-hybridized carbons (Fsp3) is 0.316. The van der Waals surface area contributed by atoms with Crippen LogP contribution in [0.1, 0.15) is 23.2 Å². The predicted octanol–water partition coefficient (Wildman–Crippen LogP) is 3.20. The van der Waals surface area contributed by atoms with Gasteiger partial charge < -0.3 is 20.9 Å². The van der Waals surface area contributed by atoms with E-state index in [0.717, 1.165) is 25.9 Å². The van der Waals surface area contributed by atoms with Gasteiger partial charge in [-0.3, -0.25) is 4.79 Å². The van der Waals surface area contributed by atoms with Crippen molar-refractivity contribution >= 4 is 35.0 Å². The van der Waals surface area contributed by atoms with E-state index < -0.39 is 0 Å². The Balaban J connectivity index is 1.57. The van der Waals surface area contributed by atoms with Crippen LogP contribution in [0.3, 0.4) is 0 Å². The maximum absolute atomic E-state index is 12.4. The van der Waals surface area contributed by atoms with E-state index in [1.165, 1.54) is 6.20 Å². The molecule has 1 aliphatic heterocycles. The first-order valence-electron chi connectivity index (χ1n) is 8.78. The highest BCUT2D eigenvalue weighted by Gasteiger charge is 2.18. The molecule has 2 aromatic rings. The Morgan fingerprint density at radius 1 is 1.15 bits per heavy atom. The lowest BCUT2D eigenvalue weighted by atomic mass is 10.1. The van der Waals surface area contributed by atoms with Gasteiger partial charge in [-0.15, -0.1) is 0 Å². The average molecular weight is 388 g/mol. The number of anilines is 2. The number of carbonyl (C=O) groups is 2. The van der Waals surface area contributed by atoms with Crippen LogP contribution in [-0.4, -0.2) is 48.0 Å². The lowest BCUT2D eigenvalue weighted by molar-refractivity contribution is 0.102. The molecule has 0 radical (unpaired) electrons. The summed E-state index contributed by atoms with van der Waals surface area (Å²) in [6, 6.07) is 9.93. The number of hydrogen-bond donors (Lipinski definition) is 3. The minimum absolute atomic E-state index is 0.170. The van der Waals surface area contributed by atoms with Crippen LogP contribution in [0.25, 0.3) is 0 Å². The van der Waals surface area contributed by atoms with Crippen molar-refractivity contribution < 1.29 is 9.59 Å². The summed E-state index contributed by atoms with van der Waals surface area (Å²) in [5, 5.41) is 8.96. The first-order valence-corrected chi connectivity index (χ1v) is 9.16. The Bertz CT molecular complexity index is 804. The number of piperidine rings is 1. The van der Waals surface area contributed by atoms with Crippen LogP contribution in [0, 0.1) is 0 Å². The number of amides is 3. The Morgan fingerprint density at radius 2 is 1.93 bits per heavy atom. The first-order chi connectivity index (χ1) is 13.0. The number of urea groups is 1. The molecule has 27 heavy (non-hydrogen) atoms. The van der Waals surface area contributed by atoms with E-state index in [1.54, 1.807) is 36.4 Å². The zero-order valence-corrected chi connectivity index (χ0v) is 15.8. The van der Waals surface area contributed by atoms with Crippen molar-refractivity contribution in [2.75, 3.05) is 30.8 Å². The Morgan fingerprint density at radius 3 is 2.63 bits per heavy atom. The molecule has 0 saturated carbocycles. The largest absolute Gasteiger partial charge is 0.335 e. The number of hydrogen-bond acceptors (Lipinski definition) is 4. The fourth-order valence-electron chi connectivity index (χ4n) is 2.88. The summed E-state index contributed by atoms with van der Waals surface area (Å²) < 4.78 is 0. The zero-order chi connectivity index (χ0) is 19.2. The van der Waals surface area contributed by atoms with E-state index in [1.807, 2.05) is 0 Å². The van der Waals surface area contributed by atoms with Gasteiger partial charge >= 0.3 is 6.03 Å². The van der Waals surface area contributed by atoms with Crippen molar-refractivity contribution in [3.63, 3.8) is 0 Å². The Hall–Kier alpha value is -2.64. The maximum atomic E-state index is 12.4. The van der Waals surface area contributed by atoms with Gasteiger partial charge in [-0.25, -0.2) is 9.78 Å². The van der Waals surface area contributed by atoms with Crippen LogP contribution in [0.15, 0.2) is 42.6 Å². The Labute approximate surface area is 163 Å². The predicted molar refractivity (Wildman–Crippen MR) is 106 cm³/mol. The molecular weight excluding hydrogens is 366 g/mol. The van der Waals surface area contributed by atoms with Gasteiger partial charge in [-0.1, -0.05) is 17.7 Å². The molecule has 0 spiro atoms. The van der Waals surface area contributed by atoms with Gasteiger partial charge in [0.25, 0.3) is 5.91 Å². The molecule has 0 unspecified atom stereocenters. The third-order valence-corrected chi connectivity index (χ3v) is 4.63. The molecular formula is C19H22ClN5O2. The number of likely N-dealkylation sites (tertiary alicyclic amines) is 1. The second kappa shape index (κ2) is 8.83. The van der Waals surface area contributed by atoms with Gasteiger partial charge in [0.15, 0.2) is 0 Å². The summed E-state index contributed by atoms with van der Waals surface area (Å²) in [5.74, 6) is 0.0898. The summed E-state index contributed by atoms with van der Waals surface area (Å²) in [6.07, 6.45) is 3.32. The number of pyridine rings is 1. The topological polar surface area (TPSA) is 86.4 Å². The second-order valence-electron chi connectivity index (χ2n) is 6.57.